The van der Waals surface area contributed by atoms with Gasteiger partial charge in [-0.3, -0.25) is 4.79 Å². The van der Waals surface area contributed by atoms with Gasteiger partial charge in [-0.05, 0) is 25.2 Å². The molecule has 0 aliphatic carbocycles. The monoisotopic (exact) mass is 380 g/mol. The first-order chi connectivity index (χ1) is 13.0. The number of phenols is 1. The zero-order valence-corrected chi connectivity index (χ0v) is 16.9. The Morgan fingerprint density at radius 1 is 0.852 bits per heavy atom. The normalized spacial score (nSPS) is 10.9. The Morgan fingerprint density at radius 3 is 1.93 bits per heavy atom. The van der Waals surface area contributed by atoms with Gasteiger partial charge in [0.1, 0.15) is 17.2 Å². The molecule has 0 aromatic heterocycles. The van der Waals surface area contributed by atoms with E-state index in [0.717, 1.165) is 38.5 Å². The molecule has 0 atom stereocenters. The number of unbranched alkanes of at least 4 members (excludes halogenated alkanes) is 7. The van der Waals surface area contributed by atoms with E-state index < -0.39 is 5.97 Å². The van der Waals surface area contributed by atoms with E-state index in [1.165, 1.54) is 19.3 Å². The van der Waals surface area contributed by atoms with Gasteiger partial charge >= 0.3 is 5.97 Å². The van der Waals surface area contributed by atoms with Crippen molar-refractivity contribution in [3.8, 4) is 17.2 Å². The van der Waals surface area contributed by atoms with Gasteiger partial charge in [0.05, 0.1) is 13.2 Å². The zero-order valence-electron chi connectivity index (χ0n) is 16.9. The second kappa shape index (κ2) is 14.2. The van der Waals surface area contributed by atoms with Crippen LogP contribution in [-0.4, -0.2) is 29.4 Å². The first-order valence-electron chi connectivity index (χ1n) is 10.3. The van der Waals surface area contributed by atoms with Gasteiger partial charge < -0.3 is 19.7 Å². The maximum Gasteiger partial charge on any atom is 0.303 e. The minimum atomic E-state index is -0.698. The number of carboxylic acids is 1. The molecule has 0 unspecified atom stereocenters. The van der Waals surface area contributed by atoms with Gasteiger partial charge in [0.25, 0.3) is 0 Å². The van der Waals surface area contributed by atoms with Crippen molar-refractivity contribution in [1.29, 1.82) is 0 Å². The van der Waals surface area contributed by atoms with Crippen LogP contribution in [0.4, 0.5) is 0 Å². The van der Waals surface area contributed by atoms with Gasteiger partial charge in [-0.15, -0.1) is 0 Å². The quantitative estimate of drug-likeness (QED) is 0.355. The number of carboxylic acid groups (broad SMARTS) is 1. The summed E-state index contributed by atoms with van der Waals surface area (Å²) in [6, 6.07) is 5.06. The summed E-state index contributed by atoms with van der Waals surface area (Å²) in [5, 5.41) is 18.4. The van der Waals surface area contributed by atoms with E-state index in [1.54, 1.807) is 12.1 Å². The topological polar surface area (TPSA) is 76.0 Å². The molecule has 0 fully saturated rings. The molecule has 0 radical (unpaired) electrons. The number of rotatable bonds is 16. The number of hydrogen-bond acceptors (Lipinski definition) is 4. The summed E-state index contributed by atoms with van der Waals surface area (Å²) in [5.74, 6) is 1.34. The molecule has 2 N–H and O–H groups in total. The Morgan fingerprint density at radius 2 is 1.37 bits per heavy atom. The number of aliphatic carboxylic acids is 1. The molecule has 1 aromatic rings. The predicted octanol–water partition coefficient (Wildman–Crippen LogP) is 5.79. The van der Waals surface area contributed by atoms with Crippen molar-refractivity contribution >= 4 is 5.97 Å². The lowest BCUT2D eigenvalue weighted by atomic mass is 10.1. The number of phenolic OH excluding ortho intramolecular Hbond substituents is 1. The van der Waals surface area contributed by atoms with E-state index in [2.05, 4.69) is 13.8 Å². The van der Waals surface area contributed by atoms with Crippen molar-refractivity contribution in [3.05, 3.63) is 18.2 Å². The van der Waals surface area contributed by atoms with Crippen LogP contribution in [0.5, 0.6) is 17.2 Å². The smallest absolute Gasteiger partial charge is 0.303 e. The standard InChI is InChI=1S/C22H36O5/c1-18(2)12-14-27-21-16-19(23)15-20(17-21)26-13-10-8-6-4-3-5-7-9-11-22(24)25/h15-18,23H,3-14H2,1-2H3,(H,24,25). The molecular formula is C22H36O5. The Hall–Kier alpha value is -1.91. The highest BCUT2D eigenvalue weighted by atomic mass is 16.5. The summed E-state index contributed by atoms with van der Waals surface area (Å²) in [6.45, 7) is 5.57. The molecule has 5 nitrogen and oxygen atoms in total. The van der Waals surface area contributed by atoms with E-state index in [4.69, 9.17) is 14.6 Å². The van der Waals surface area contributed by atoms with Crippen molar-refractivity contribution in [2.45, 2.75) is 78.1 Å². The second-order valence-electron chi connectivity index (χ2n) is 7.51. The third-order valence-corrected chi connectivity index (χ3v) is 4.38. The van der Waals surface area contributed by atoms with Gasteiger partial charge in [-0.1, -0.05) is 52.4 Å². The van der Waals surface area contributed by atoms with Crippen LogP contribution >= 0.6 is 0 Å². The van der Waals surface area contributed by atoms with E-state index in [0.29, 0.717) is 30.6 Å². The molecule has 0 saturated carbocycles. The highest BCUT2D eigenvalue weighted by Crippen LogP contribution is 2.27. The lowest BCUT2D eigenvalue weighted by Crippen LogP contribution is -2.02. The maximum atomic E-state index is 10.4. The molecule has 0 heterocycles. The third-order valence-electron chi connectivity index (χ3n) is 4.38. The third kappa shape index (κ3) is 13.0. The zero-order chi connectivity index (χ0) is 19.9. The average Bonchev–Trinajstić information content (AvgIpc) is 2.58. The van der Waals surface area contributed by atoms with Gasteiger partial charge in [0, 0.05) is 24.6 Å². The van der Waals surface area contributed by atoms with E-state index in [9.17, 15) is 9.90 Å². The molecular weight excluding hydrogens is 344 g/mol. The fourth-order valence-electron chi connectivity index (χ4n) is 2.76. The molecule has 0 spiro atoms. The summed E-state index contributed by atoms with van der Waals surface area (Å²) in [5.41, 5.74) is 0. The molecule has 0 aliphatic heterocycles. The lowest BCUT2D eigenvalue weighted by molar-refractivity contribution is -0.137. The van der Waals surface area contributed by atoms with Gasteiger partial charge in [0.2, 0.25) is 0 Å². The molecule has 5 heteroatoms. The van der Waals surface area contributed by atoms with Crippen molar-refractivity contribution in [2.75, 3.05) is 13.2 Å². The van der Waals surface area contributed by atoms with Gasteiger partial charge in [-0.2, -0.15) is 0 Å². The summed E-state index contributed by atoms with van der Waals surface area (Å²) in [7, 11) is 0. The fourth-order valence-corrected chi connectivity index (χ4v) is 2.76. The number of hydrogen-bond donors (Lipinski definition) is 2. The summed E-state index contributed by atoms with van der Waals surface area (Å²) in [4.78, 5) is 10.4. The second-order valence-corrected chi connectivity index (χ2v) is 7.51. The van der Waals surface area contributed by atoms with Crippen LogP contribution in [0.3, 0.4) is 0 Å². The van der Waals surface area contributed by atoms with Crippen LogP contribution in [0.25, 0.3) is 0 Å². The number of ether oxygens (including phenoxy) is 2. The minimum absolute atomic E-state index is 0.162. The van der Waals surface area contributed by atoms with Crippen molar-refractivity contribution < 1.29 is 24.5 Å². The molecule has 1 rings (SSSR count). The van der Waals surface area contributed by atoms with Crippen LogP contribution in [0.1, 0.15) is 78.1 Å². The number of carbonyl (C=O) groups is 1. The maximum absolute atomic E-state index is 10.4. The molecule has 0 saturated heterocycles. The molecule has 1 aromatic carbocycles. The first-order valence-corrected chi connectivity index (χ1v) is 10.3. The number of aromatic hydroxyl groups is 1. The van der Waals surface area contributed by atoms with Crippen molar-refractivity contribution in [3.63, 3.8) is 0 Å². The molecule has 0 bridgehead atoms. The Bertz CT molecular complexity index is 527. The van der Waals surface area contributed by atoms with Gasteiger partial charge in [0.15, 0.2) is 0 Å². The van der Waals surface area contributed by atoms with Crippen LogP contribution in [0.15, 0.2) is 18.2 Å². The Balaban J connectivity index is 2.09. The van der Waals surface area contributed by atoms with Gasteiger partial charge in [-0.25, -0.2) is 0 Å². The highest BCUT2D eigenvalue weighted by Gasteiger charge is 2.04. The lowest BCUT2D eigenvalue weighted by Gasteiger charge is -2.11. The average molecular weight is 381 g/mol. The van der Waals surface area contributed by atoms with Crippen LogP contribution in [0, 0.1) is 5.92 Å². The largest absolute Gasteiger partial charge is 0.508 e. The first kappa shape index (κ1) is 23.1. The Kier molecular flexibility index (Phi) is 12.2. The molecule has 154 valence electrons. The van der Waals surface area contributed by atoms with Crippen molar-refractivity contribution in [2.24, 2.45) is 5.92 Å². The highest BCUT2D eigenvalue weighted by molar-refractivity contribution is 5.66. The van der Waals surface area contributed by atoms with E-state index in [1.807, 2.05) is 6.07 Å². The molecule has 27 heavy (non-hydrogen) atoms. The van der Waals surface area contributed by atoms with Crippen LogP contribution in [-0.2, 0) is 4.79 Å². The number of benzene rings is 1. The van der Waals surface area contributed by atoms with Crippen LogP contribution < -0.4 is 9.47 Å². The fraction of sp³-hybridized carbons (Fsp3) is 0.682. The predicted molar refractivity (Wildman–Crippen MR) is 108 cm³/mol. The summed E-state index contributed by atoms with van der Waals surface area (Å²) in [6.07, 6.45) is 9.81. The van der Waals surface area contributed by atoms with Crippen LogP contribution in [0.2, 0.25) is 0 Å². The van der Waals surface area contributed by atoms with E-state index in [-0.39, 0.29) is 12.2 Å². The molecule has 0 amide bonds. The van der Waals surface area contributed by atoms with Crippen molar-refractivity contribution in [1.82, 2.24) is 0 Å². The van der Waals surface area contributed by atoms with E-state index >= 15 is 0 Å². The minimum Gasteiger partial charge on any atom is -0.508 e. The summed E-state index contributed by atoms with van der Waals surface area (Å²) < 4.78 is 11.4. The summed E-state index contributed by atoms with van der Waals surface area (Å²) >= 11 is 0. The SMILES string of the molecule is CC(C)CCOc1cc(O)cc(OCCCCCCCCCCC(=O)O)c1. The molecule has 0 aliphatic rings. The Labute approximate surface area is 163 Å².